The van der Waals surface area contributed by atoms with Crippen LogP contribution in [0.15, 0.2) is 12.2 Å². The Morgan fingerprint density at radius 1 is 1.38 bits per heavy atom. The summed E-state index contributed by atoms with van der Waals surface area (Å²) in [6.07, 6.45) is 3.03. The van der Waals surface area contributed by atoms with Crippen molar-refractivity contribution in [3.05, 3.63) is 12.2 Å². The van der Waals surface area contributed by atoms with Crippen LogP contribution in [-0.2, 0) is 4.74 Å². The van der Waals surface area contributed by atoms with E-state index in [1.807, 2.05) is 0 Å². The van der Waals surface area contributed by atoms with Crippen LogP contribution in [0.4, 0.5) is 4.79 Å². The van der Waals surface area contributed by atoms with Crippen LogP contribution in [-0.4, -0.2) is 30.0 Å². The number of hydrogen-bond donors (Lipinski definition) is 2. The first kappa shape index (κ1) is 12.0. The summed E-state index contributed by atoms with van der Waals surface area (Å²) in [5.74, 6) is 0. The zero-order valence-electron chi connectivity index (χ0n) is 8.33. The molecule has 4 nitrogen and oxygen atoms in total. The van der Waals surface area contributed by atoms with Gasteiger partial charge in [-0.2, -0.15) is 0 Å². The molecule has 0 radical (unpaired) electrons. The van der Waals surface area contributed by atoms with Gasteiger partial charge in [0.2, 0.25) is 0 Å². The molecule has 1 rings (SSSR count). The minimum Gasteiger partial charge on any atom is -0.450 e. The van der Waals surface area contributed by atoms with Gasteiger partial charge in [0.05, 0.1) is 0 Å². The van der Waals surface area contributed by atoms with Gasteiger partial charge in [0.15, 0.2) is 0 Å². The maximum Gasteiger partial charge on any atom is 0.506 e. The Bertz CT molecular complexity index is 176. The highest BCUT2D eigenvalue weighted by atomic mass is 16.7. The Balaban J connectivity index is 0.000000243. The molecule has 0 amide bonds. The van der Waals surface area contributed by atoms with E-state index < -0.39 is 11.8 Å². The molecule has 0 bridgehead atoms. The Kier molecular flexibility index (Phi) is 5.14. The normalized spacial score (nSPS) is 14.7. The van der Waals surface area contributed by atoms with Gasteiger partial charge in [0.25, 0.3) is 0 Å². The summed E-state index contributed by atoms with van der Waals surface area (Å²) in [6.45, 7) is 7.18. The van der Waals surface area contributed by atoms with Gasteiger partial charge in [-0.05, 0) is 20.8 Å². The second-order valence-electron chi connectivity index (χ2n) is 3.61. The minimum absolute atomic E-state index is 0.578. The van der Waals surface area contributed by atoms with Crippen LogP contribution >= 0.6 is 0 Å². The van der Waals surface area contributed by atoms with E-state index in [-0.39, 0.29) is 0 Å². The summed E-state index contributed by atoms with van der Waals surface area (Å²) in [6, 6.07) is 0. The van der Waals surface area contributed by atoms with Crippen molar-refractivity contribution in [1.29, 1.82) is 0 Å². The number of carbonyl (C=O) groups is 1. The molecular formula is C9H17NO3. The number of nitrogens with one attached hydrogen (secondary N) is 1. The minimum atomic E-state index is -1.22. The van der Waals surface area contributed by atoms with E-state index in [2.05, 4.69) is 22.2 Å². The number of carboxylic acid groups (broad SMARTS) is 1. The lowest BCUT2D eigenvalue weighted by molar-refractivity contribution is 0.0150. The highest BCUT2D eigenvalue weighted by molar-refractivity contribution is 5.57. The maximum absolute atomic E-state index is 9.79. The van der Waals surface area contributed by atoms with Crippen LogP contribution in [0.25, 0.3) is 0 Å². The molecule has 0 saturated carbocycles. The number of ether oxygens (including phenoxy) is 1. The third-order valence-electron chi connectivity index (χ3n) is 1.08. The van der Waals surface area contributed by atoms with Crippen LogP contribution in [0.3, 0.4) is 0 Å². The molecule has 0 fully saturated rings. The SMILES string of the molecule is C1=CCNC1.CC(C)(C)OC(=O)O. The average Bonchev–Trinajstić information content (AvgIpc) is 2.33. The summed E-state index contributed by atoms with van der Waals surface area (Å²) in [7, 11) is 0. The first-order valence-corrected chi connectivity index (χ1v) is 4.19. The zero-order chi connectivity index (χ0) is 10.3. The molecule has 0 aromatic heterocycles. The lowest BCUT2D eigenvalue weighted by atomic mass is 10.2. The topological polar surface area (TPSA) is 58.6 Å². The van der Waals surface area contributed by atoms with Gasteiger partial charge >= 0.3 is 6.16 Å². The third kappa shape index (κ3) is 11.0. The molecule has 13 heavy (non-hydrogen) atoms. The first-order valence-electron chi connectivity index (χ1n) is 4.19. The fourth-order valence-electron chi connectivity index (χ4n) is 0.679. The van der Waals surface area contributed by atoms with Crippen LogP contribution < -0.4 is 5.32 Å². The van der Waals surface area contributed by atoms with Gasteiger partial charge in [-0.15, -0.1) is 0 Å². The first-order chi connectivity index (χ1) is 5.92. The highest BCUT2D eigenvalue weighted by Crippen LogP contribution is 2.05. The number of hydrogen-bond acceptors (Lipinski definition) is 3. The number of rotatable bonds is 0. The summed E-state index contributed by atoms with van der Waals surface area (Å²) in [5, 5.41) is 11.1. The van der Waals surface area contributed by atoms with E-state index in [0.29, 0.717) is 0 Å². The van der Waals surface area contributed by atoms with Gasteiger partial charge in [0, 0.05) is 13.1 Å². The molecule has 0 aromatic rings. The molecule has 1 heterocycles. The van der Waals surface area contributed by atoms with Gasteiger partial charge in [0.1, 0.15) is 5.60 Å². The van der Waals surface area contributed by atoms with Crippen molar-refractivity contribution in [3.8, 4) is 0 Å². The molecule has 0 unspecified atom stereocenters. The quantitative estimate of drug-likeness (QED) is 0.447. The molecule has 0 saturated heterocycles. The Labute approximate surface area is 78.6 Å². The fraction of sp³-hybridized carbons (Fsp3) is 0.667. The van der Waals surface area contributed by atoms with Gasteiger partial charge in [-0.1, -0.05) is 12.2 Å². The van der Waals surface area contributed by atoms with Gasteiger partial charge < -0.3 is 15.2 Å². The molecule has 76 valence electrons. The average molecular weight is 187 g/mol. The van der Waals surface area contributed by atoms with E-state index in [0.717, 1.165) is 13.1 Å². The Morgan fingerprint density at radius 3 is 1.92 bits per heavy atom. The molecule has 0 aromatic carbocycles. The van der Waals surface area contributed by atoms with Crippen molar-refractivity contribution in [2.45, 2.75) is 26.4 Å². The molecule has 4 heteroatoms. The predicted molar refractivity (Wildman–Crippen MR) is 50.9 cm³/mol. The van der Waals surface area contributed by atoms with Gasteiger partial charge in [-0.3, -0.25) is 0 Å². The second-order valence-corrected chi connectivity index (χ2v) is 3.61. The van der Waals surface area contributed by atoms with Crippen molar-refractivity contribution >= 4 is 6.16 Å². The van der Waals surface area contributed by atoms with Crippen molar-refractivity contribution in [1.82, 2.24) is 5.32 Å². The summed E-state index contributed by atoms with van der Waals surface area (Å²) in [4.78, 5) is 9.79. The third-order valence-corrected chi connectivity index (χ3v) is 1.08. The largest absolute Gasteiger partial charge is 0.506 e. The van der Waals surface area contributed by atoms with Crippen molar-refractivity contribution in [3.63, 3.8) is 0 Å². The monoisotopic (exact) mass is 187 g/mol. The molecule has 0 aliphatic carbocycles. The summed E-state index contributed by atoms with van der Waals surface area (Å²) >= 11 is 0. The van der Waals surface area contributed by atoms with Crippen LogP contribution in [0, 0.1) is 0 Å². The molecule has 2 N–H and O–H groups in total. The molecule has 0 atom stereocenters. The predicted octanol–water partition coefficient (Wildman–Crippen LogP) is 1.63. The maximum atomic E-state index is 9.79. The zero-order valence-corrected chi connectivity index (χ0v) is 8.33. The second kappa shape index (κ2) is 5.59. The van der Waals surface area contributed by atoms with Crippen molar-refractivity contribution in [2.24, 2.45) is 0 Å². The Hall–Kier alpha value is -1.03. The smallest absolute Gasteiger partial charge is 0.450 e. The highest BCUT2D eigenvalue weighted by Gasteiger charge is 2.13. The molecule has 1 aliphatic rings. The van der Waals surface area contributed by atoms with Crippen molar-refractivity contribution < 1.29 is 14.6 Å². The lowest BCUT2D eigenvalue weighted by Crippen LogP contribution is -2.22. The van der Waals surface area contributed by atoms with Crippen LogP contribution in [0.2, 0.25) is 0 Å². The Morgan fingerprint density at radius 2 is 1.85 bits per heavy atom. The van der Waals surface area contributed by atoms with Crippen LogP contribution in [0.1, 0.15) is 20.8 Å². The fourth-order valence-corrected chi connectivity index (χ4v) is 0.679. The van der Waals surface area contributed by atoms with E-state index in [1.165, 1.54) is 0 Å². The van der Waals surface area contributed by atoms with Crippen LogP contribution in [0.5, 0.6) is 0 Å². The molecule has 1 aliphatic heterocycles. The van der Waals surface area contributed by atoms with Crippen molar-refractivity contribution in [2.75, 3.05) is 13.1 Å². The molecular weight excluding hydrogens is 170 g/mol. The summed E-state index contributed by atoms with van der Waals surface area (Å²) in [5.41, 5.74) is -0.578. The standard InChI is InChI=1S/C5H10O3.C4H7N/c1-5(2,3)8-4(6)7;1-2-4-5-3-1/h1-3H3,(H,6,7);1-2,5H,3-4H2. The van der Waals surface area contributed by atoms with E-state index in [4.69, 9.17) is 5.11 Å². The van der Waals surface area contributed by atoms with Gasteiger partial charge in [-0.25, -0.2) is 4.79 Å². The van der Waals surface area contributed by atoms with E-state index >= 15 is 0 Å². The van der Waals surface area contributed by atoms with E-state index in [1.54, 1.807) is 20.8 Å². The lowest BCUT2D eigenvalue weighted by Gasteiger charge is -2.15. The van der Waals surface area contributed by atoms with E-state index in [9.17, 15) is 4.79 Å². The summed E-state index contributed by atoms with van der Waals surface area (Å²) < 4.78 is 4.35. The molecule has 0 spiro atoms.